The zero-order chi connectivity index (χ0) is 13.1. The molecule has 0 saturated heterocycles. The van der Waals surface area contributed by atoms with Crippen molar-refractivity contribution in [1.29, 1.82) is 0 Å². The van der Waals surface area contributed by atoms with E-state index < -0.39 is 0 Å². The van der Waals surface area contributed by atoms with Crippen molar-refractivity contribution in [3.05, 3.63) is 66.7 Å². The number of aryl methyl sites for hydroxylation is 1. The first-order valence-corrected chi connectivity index (χ1v) is 6.19. The number of pyridine rings is 1. The third kappa shape index (κ3) is 2.36. The van der Waals surface area contributed by atoms with Crippen LogP contribution in [0.4, 0.5) is 11.5 Å². The van der Waals surface area contributed by atoms with Gasteiger partial charge in [0, 0.05) is 11.5 Å². The molecule has 1 aromatic heterocycles. The van der Waals surface area contributed by atoms with Crippen LogP contribution in [0, 0.1) is 0 Å². The molecule has 3 heteroatoms. The van der Waals surface area contributed by atoms with Gasteiger partial charge < -0.3 is 0 Å². The lowest BCUT2D eigenvalue weighted by Gasteiger charge is -1.99. The third-order valence-electron chi connectivity index (χ3n) is 3.08. The molecule has 0 radical (unpaired) electrons. The van der Waals surface area contributed by atoms with Gasteiger partial charge >= 0.3 is 5.82 Å². The highest BCUT2D eigenvalue weighted by atomic mass is 15.2. The minimum Gasteiger partial charge on any atom is -0.224 e. The number of fused-ring (bicyclic) bond motifs is 1. The van der Waals surface area contributed by atoms with Gasteiger partial charge in [0.25, 0.3) is 0 Å². The number of hydrogen-bond donors (Lipinski definition) is 0. The SMILES string of the molecule is C[n+]1c(N=Nc2ccccc2)ccc2ccccc21. The molecule has 2 aromatic carbocycles. The number of nitrogens with zero attached hydrogens (tertiary/aromatic N) is 3. The van der Waals surface area contributed by atoms with Gasteiger partial charge in [0.15, 0.2) is 0 Å². The van der Waals surface area contributed by atoms with Crippen molar-refractivity contribution in [1.82, 2.24) is 0 Å². The standard InChI is InChI=1S/C16H14N3/c1-19-15-10-6-5-7-13(15)11-12-16(19)18-17-14-8-3-2-4-9-14/h2-12H,1H3/q+1. The number of hydrogen-bond acceptors (Lipinski definition) is 2. The Balaban J connectivity index is 2.02. The highest BCUT2D eigenvalue weighted by Gasteiger charge is 2.09. The Kier molecular flexibility index (Phi) is 3.02. The summed E-state index contributed by atoms with van der Waals surface area (Å²) in [7, 11) is 2.00. The highest BCUT2D eigenvalue weighted by Crippen LogP contribution is 2.17. The zero-order valence-electron chi connectivity index (χ0n) is 10.7. The Morgan fingerprint density at radius 1 is 0.737 bits per heavy atom. The molecular formula is C16H14N3+. The molecule has 1 heterocycles. The molecule has 0 amide bonds. The van der Waals surface area contributed by atoms with Gasteiger partial charge in [-0.1, -0.05) is 36.4 Å². The average molecular weight is 248 g/mol. The van der Waals surface area contributed by atoms with Gasteiger partial charge in [0.1, 0.15) is 11.2 Å². The maximum Gasteiger partial charge on any atom is 0.350 e. The van der Waals surface area contributed by atoms with Crippen LogP contribution in [-0.2, 0) is 7.05 Å². The number of benzene rings is 2. The van der Waals surface area contributed by atoms with E-state index in [9.17, 15) is 0 Å². The first-order chi connectivity index (χ1) is 9.34. The minimum atomic E-state index is 0.836. The molecule has 0 saturated carbocycles. The Morgan fingerprint density at radius 3 is 2.32 bits per heavy atom. The molecule has 0 unspecified atom stereocenters. The monoisotopic (exact) mass is 248 g/mol. The quantitative estimate of drug-likeness (QED) is 0.483. The molecule has 0 aliphatic rings. The average Bonchev–Trinajstić information content (AvgIpc) is 2.48. The highest BCUT2D eigenvalue weighted by molar-refractivity contribution is 5.76. The normalized spacial score (nSPS) is 11.2. The smallest absolute Gasteiger partial charge is 0.224 e. The number of rotatable bonds is 2. The fraction of sp³-hybridized carbons (Fsp3) is 0.0625. The van der Waals surface area contributed by atoms with Crippen LogP contribution in [0.3, 0.4) is 0 Å². The maximum atomic E-state index is 4.31. The van der Waals surface area contributed by atoms with E-state index in [1.54, 1.807) is 0 Å². The molecule has 0 aliphatic carbocycles. The molecule has 92 valence electrons. The number of para-hydroxylation sites is 1. The van der Waals surface area contributed by atoms with E-state index in [0.717, 1.165) is 17.0 Å². The second kappa shape index (κ2) is 4.98. The van der Waals surface area contributed by atoms with Gasteiger partial charge in [-0.25, -0.2) is 4.57 Å². The van der Waals surface area contributed by atoms with Crippen LogP contribution in [0.15, 0.2) is 77.0 Å². The summed E-state index contributed by atoms with van der Waals surface area (Å²) < 4.78 is 2.04. The summed E-state index contributed by atoms with van der Waals surface area (Å²) in [5.74, 6) is 0.836. The summed E-state index contributed by atoms with van der Waals surface area (Å²) in [6.07, 6.45) is 0. The van der Waals surface area contributed by atoms with Gasteiger partial charge in [-0.15, -0.1) is 0 Å². The Morgan fingerprint density at radius 2 is 1.47 bits per heavy atom. The van der Waals surface area contributed by atoms with E-state index in [2.05, 4.69) is 28.4 Å². The fourth-order valence-electron chi connectivity index (χ4n) is 2.04. The first kappa shape index (κ1) is 11.5. The topological polar surface area (TPSA) is 28.6 Å². The fourth-order valence-corrected chi connectivity index (χ4v) is 2.04. The largest absolute Gasteiger partial charge is 0.350 e. The zero-order valence-corrected chi connectivity index (χ0v) is 10.7. The lowest BCUT2D eigenvalue weighted by molar-refractivity contribution is -0.631. The molecule has 0 fully saturated rings. The van der Waals surface area contributed by atoms with E-state index in [-0.39, 0.29) is 0 Å². The molecule has 0 spiro atoms. The van der Waals surface area contributed by atoms with E-state index in [0.29, 0.717) is 0 Å². The van der Waals surface area contributed by atoms with Crippen LogP contribution < -0.4 is 4.57 Å². The van der Waals surface area contributed by atoms with Crippen molar-refractivity contribution in [2.45, 2.75) is 0 Å². The van der Waals surface area contributed by atoms with Crippen molar-refractivity contribution in [2.24, 2.45) is 17.3 Å². The van der Waals surface area contributed by atoms with Gasteiger partial charge in [-0.3, -0.25) is 0 Å². The lowest BCUT2D eigenvalue weighted by atomic mass is 10.2. The molecule has 19 heavy (non-hydrogen) atoms. The summed E-state index contributed by atoms with van der Waals surface area (Å²) in [6.45, 7) is 0. The van der Waals surface area contributed by atoms with E-state index in [1.165, 1.54) is 5.39 Å². The third-order valence-corrected chi connectivity index (χ3v) is 3.08. The van der Waals surface area contributed by atoms with Gasteiger partial charge in [0.05, 0.1) is 12.2 Å². The predicted octanol–water partition coefficient (Wildman–Crippen LogP) is 4.08. The molecule has 0 bridgehead atoms. The van der Waals surface area contributed by atoms with Crippen molar-refractivity contribution >= 4 is 22.4 Å². The first-order valence-electron chi connectivity index (χ1n) is 6.19. The maximum absolute atomic E-state index is 4.31. The van der Waals surface area contributed by atoms with Gasteiger partial charge in [-0.05, 0) is 29.4 Å². The summed E-state index contributed by atoms with van der Waals surface area (Å²) in [4.78, 5) is 0. The van der Waals surface area contributed by atoms with Crippen LogP contribution in [0.1, 0.15) is 0 Å². The van der Waals surface area contributed by atoms with E-state index >= 15 is 0 Å². The second-order valence-electron chi connectivity index (χ2n) is 4.34. The van der Waals surface area contributed by atoms with Crippen LogP contribution in [0.5, 0.6) is 0 Å². The molecule has 0 atom stereocenters. The van der Waals surface area contributed by atoms with Crippen LogP contribution in [0.2, 0.25) is 0 Å². The minimum absolute atomic E-state index is 0.836. The summed E-state index contributed by atoms with van der Waals surface area (Å²) in [6, 6.07) is 22.0. The van der Waals surface area contributed by atoms with Crippen molar-refractivity contribution in [3.8, 4) is 0 Å². The van der Waals surface area contributed by atoms with Crippen LogP contribution in [0.25, 0.3) is 10.9 Å². The lowest BCUT2D eigenvalue weighted by Crippen LogP contribution is -2.28. The van der Waals surface area contributed by atoms with Gasteiger partial charge in [0.2, 0.25) is 0 Å². The van der Waals surface area contributed by atoms with Crippen LogP contribution in [-0.4, -0.2) is 0 Å². The van der Waals surface area contributed by atoms with Crippen molar-refractivity contribution in [2.75, 3.05) is 0 Å². The Hall–Kier alpha value is -2.55. The van der Waals surface area contributed by atoms with E-state index in [4.69, 9.17) is 0 Å². The van der Waals surface area contributed by atoms with Crippen molar-refractivity contribution < 1.29 is 4.57 Å². The van der Waals surface area contributed by atoms with Gasteiger partial charge in [-0.2, -0.15) is 0 Å². The van der Waals surface area contributed by atoms with Crippen LogP contribution >= 0.6 is 0 Å². The molecule has 3 aromatic rings. The predicted molar refractivity (Wildman–Crippen MR) is 75.7 cm³/mol. The molecular weight excluding hydrogens is 234 g/mol. The second-order valence-corrected chi connectivity index (χ2v) is 4.34. The molecule has 0 aliphatic heterocycles. The van der Waals surface area contributed by atoms with E-state index in [1.807, 2.05) is 60.1 Å². The molecule has 3 nitrogen and oxygen atoms in total. The Labute approximate surface area is 111 Å². The summed E-state index contributed by atoms with van der Waals surface area (Å²) in [5.41, 5.74) is 2.00. The number of azo groups is 1. The summed E-state index contributed by atoms with van der Waals surface area (Å²) in [5, 5.41) is 9.76. The van der Waals surface area contributed by atoms with Crippen molar-refractivity contribution in [3.63, 3.8) is 0 Å². The molecule has 3 rings (SSSR count). The number of aromatic nitrogens is 1. The summed E-state index contributed by atoms with van der Waals surface area (Å²) >= 11 is 0. The molecule has 0 N–H and O–H groups in total. The Bertz CT molecular complexity index is 733.